The number of rotatable bonds is 3. The van der Waals surface area contributed by atoms with Crippen LogP contribution in [0.25, 0.3) is 0 Å². The van der Waals surface area contributed by atoms with Gasteiger partial charge in [0.2, 0.25) is 0 Å². The lowest BCUT2D eigenvalue weighted by atomic mass is 10.0. The van der Waals surface area contributed by atoms with Gasteiger partial charge >= 0.3 is 0 Å². The first-order chi connectivity index (χ1) is 7.73. The zero-order chi connectivity index (χ0) is 13.0. The maximum atomic E-state index is 10.9. The molecule has 0 saturated heterocycles. The quantitative estimate of drug-likeness (QED) is 0.731. The van der Waals surface area contributed by atoms with Crippen LogP contribution in [0, 0.1) is 30.6 Å². The fraction of sp³-hybridized carbons (Fsp3) is 0.667. The monoisotopic (exact) mass is 233 g/mol. The molecule has 94 valence electrons. The zero-order valence-corrected chi connectivity index (χ0v) is 11.8. The van der Waals surface area contributed by atoms with Gasteiger partial charge < -0.3 is 4.57 Å². The smallest absolute Gasteiger partial charge is 0.151 e. The van der Waals surface area contributed by atoms with Gasteiger partial charge in [0.1, 0.15) is 0 Å². The lowest BCUT2D eigenvalue weighted by Gasteiger charge is -2.10. The highest BCUT2D eigenvalue weighted by molar-refractivity contribution is 5.77. The molecule has 2 heteroatoms. The van der Waals surface area contributed by atoms with Gasteiger partial charge in [-0.05, 0) is 36.7 Å². The van der Waals surface area contributed by atoms with Crippen molar-refractivity contribution < 1.29 is 4.79 Å². The van der Waals surface area contributed by atoms with E-state index < -0.39 is 0 Å². The van der Waals surface area contributed by atoms with Crippen LogP contribution in [-0.4, -0.2) is 10.9 Å². The van der Waals surface area contributed by atoms with Crippen molar-refractivity contribution in [3.8, 4) is 0 Å². The van der Waals surface area contributed by atoms with Gasteiger partial charge in [0.25, 0.3) is 0 Å². The van der Waals surface area contributed by atoms with Crippen molar-refractivity contribution in [2.24, 2.45) is 16.7 Å². The zero-order valence-electron chi connectivity index (χ0n) is 11.8. The van der Waals surface area contributed by atoms with Gasteiger partial charge in [-0.25, -0.2) is 0 Å². The standard InChI is InChI=1S/C15H23NO/c1-10-7-12(9-17)11(2)16(10)8-13-14(3,4)15(13,5)6/h7,9,13H,8H2,1-6H3. The maximum Gasteiger partial charge on any atom is 0.151 e. The lowest BCUT2D eigenvalue weighted by Crippen LogP contribution is -2.08. The van der Waals surface area contributed by atoms with Gasteiger partial charge in [0, 0.05) is 23.5 Å². The van der Waals surface area contributed by atoms with E-state index in [1.165, 1.54) is 5.69 Å². The number of aryl methyl sites for hydroxylation is 1. The molecule has 1 aromatic heterocycles. The Hall–Kier alpha value is -1.05. The summed E-state index contributed by atoms with van der Waals surface area (Å²) in [7, 11) is 0. The van der Waals surface area contributed by atoms with E-state index in [0.717, 1.165) is 24.1 Å². The fourth-order valence-electron chi connectivity index (χ4n) is 3.20. The number of carbonyl (C=O) groups excluding carboxylic acids is 1. The Morgan fingerprint density at radius 3 is 2.12 bits per heavy atom. The number of hydrogen-bond acceptors (Lipinski definition) is 1. The molecule has 0 atom stereocenters. The maximum absolute atomic E-state index is 10.9. The number of nitrogens with zero attached hydrogens (tertiary/aromatic N) is 1. The molecule has 0 N–H and O–H groups in total. The van der Waals surface area contributed by atoms with Gasteiger partial charge in [-0.15, -0.1) is 0 Å². The largest absolute Gasteiger partial charge is 0.348 e. The highest BCUT2D eigenvalue weighted by atomic mass is 16.1. The van der Waals surface area contributed by atoms with Crippen molar-refractivity contribution in [1.29, 1.82) is 0 Å². The van der Waals surface area contributed by atoms with Crippen LogP contribution in [0.4, 0.5) is 0 Å². The molecule has 0 bridgehead atoms. The summed E-state index contributed by atoms with van der Waals surface area (Å²) in [6, 6.07) is 1.99. The first-order valence-corrected chi connectivity index (χ1v) is 6.35. The minimum Gasteiger partial charge on any atom is -0.348 e. The van der Waals surface area contributed by atoms with Crippen LogP contribution in [-0.2, 0) is 6.54 Å². The Labute approximate surface area is 104 Å². The summed E-state index contributed by atoms with van der Waals surface area (Å²) in [5.74, 6) is 0.694. The molecule has 1 aromatic rings. The molecule has 2 rings (SSSR count). The van der Waals surface area contributed by atoms with Crippen LogP contribution in [0.2, 0.25) is 0 Å². The number of aldehydes is 1. The molecule has 1 fully saturated rings. The van der Waals surface area contributed by atoms with Crippen LogP contribution in [0.1, 0.15) is 49.4 Å². The molecule has 17 heavy (non-hydrogen) atoms. The second-order valence-electron chi connectivity index (χ2n) is 6.55. The Balaban J connectivity index is 2.27. The van der Waals surface area contributed by atoms with Crippen molar-refractivity contribution in [3.63, 3.8) is 0 Å². The van der Waals surface area contributed by atoms with Crippen molar-refractivity contribution in [2.45, 2.75) is 48.1 Å². The van der Waals surface area contributed by atoms with E-state index in [9.17, 15) is 4.79 Å². The van der Waals surface area contributed by atoms with E-state index in [1.807, 2.05) is 13.0 Å². The average molecular weight is 233 g/mol. The Morgan fingerprint density at radius 1 is 1.24 bits per heavy atom. The molecule has 1 saturated carbocycles. The predicted molar refractivity (Wildman–Crippen MR) is 70.3 cm³/mol. The van der Waals surface area contributed by atoms with Gasteiger partial charge in [-0.2, -0.15) is 0 Å². The van der Waals surface area contributed by atoms with E-state index in [4.69, 9.17) is 0 Å². The Morgan fingerprint density at radius 2 is 1.76 bits per heavy atom. The van der Waals surface area contributed by atoms with Crippen LogP contribution in [0.5, 0.6) is 0 Å². The highest BCUT2D eigenvalue weighted by Gasteiger charge is 2.64. The highest BCUT2D eigenvalue weighted by Crippen LogP contribution is 2.68. The second kappa shape index (κ2) is 3.47. The van der Waals surface area contributed by atoms with Crippen molar-refractivity contribution in [1.82, 2.24) is 4.57 Å². The topological polar surface area (TPSA) is 22.0 Å². The third-order valence-corrected chi connectivity index (χ3v) is 5.42. The first kappa shape index (κ1) is 12.4. The summed E-state index contributed by atoms with van der Waals surface area (Å²) in [6.45, 7) is 14.5. The molecule has 0 radical (unpaired) electrons. The minimum atomic E-state index is 0.400. The molecule has 0 aliphatic heterocycles. The summed E-state index contributed by atoms with van der Waals surface area (Å²) in [6.07, 6.45) is 0.960. The van der Waals surface area contributed by atoms with Crippen molar-refractivity contribution >= 4 is 6.29 Å². The molecule has 1 aliphatic rings. The van der Waals surface area contributed by atoms with Gasteiger partial charge in [-0.3, -0.25) is 4.79 Å². The molecular weight excluding hydrogens is 210 g/mol. The van der Waals surface area contributed by atoms with Crippen LogP contribution >= 0.6 is 0 Å². The summed E-state index contributed by atoms with van der Waals surface area (Å²) in [4.78, 5) is 10.9. The summed E-state index contributed by atoms with van der Waals surface area (Å²) in [5.41, 5.74) is 3.94. The van der Waals surface area contributed by atoms with E-state index in [-0.39, 0.29) is 0 Å². The Bertz CT molecular complexity index is 452. The van der Waals surface area contributed by atoms with Crippen LogP contribution in [0.15, 0.2) is 6.07 Å². The third-order valence-electron chi connectivity index (χ3n) is 5.42. The summed E-state index contributed by atoms with van der Waals surface area (Å²) >= 11 is 0. The molecule has 1 heterocycles. The second-order valence-corrected chi connectivity index (χ2v) is 6.55. The average Bonchev–Trinajstić information content (AvgIpc) is 2.50. The molecule has 1 aliphatic carbocycles. The predicted octanol–water partition coefficient (Wildman–Crippen LogP) is 3.60. The van der Waals surface area contributed by atoms with Gasteiger partial charge in [0.15, 0.2) is 6.29 Å². The van der Waals surface area contributed by atoms with Gasteiger partial charge in [-0.1, -0.05) is 27.7 Å². The van der Waals surface area contributed by atoms with Crippen LogP contribution < -0.4 is 0 Å². The minimum absolute atomic E-state index is 0.400. The molecular formula is C15H23NO. The van der Waals surface area contributed by atoms with E-state index in [2.05, 4.69) is 39.2 Å². The van der Waals surface area contributed by atoms with Gasteiger partial charge in [0.05, 0.1) is 0 Å². The lowest BCUT2D eigenvalue weighted by molar-refractivity contribution is 0.112. The summed E-state index contributed by atoms with van der Waals surface area (Å²) in [5, 5.41) is 0. The number of hydrogen-bond donors (Lipinski definition) is 0. The SMILES string of the molecule is Cc1cc(C=O)c(C)n1CC1C(C)(C)C1(C)C. The molecule has 0 unspecified atom stereocenters. The molecule has 0 aromatic carbocycles. The first-order valence-electron chi connectivity index (χ1n) is 6.35. The van der Waals surface area contributed by atoms with E-state index in [1.54, 1.807) is 0 Å². The molecule has 2 nitrogen and oxygen atoms in total. The summed E-state index contributed by atoms with van der Waals surface area (Å²) < 4.78 is 2.30. The molecule has 0 spiro atoms. The normalized spacial score (nSPS) is 21.5. The van der Waals surface area contributed by atoms with Crippen molar-refractivity contribution in [3.05, 3.63) is 23.0 Å². The molecule has 0 amide bonds. The van der Waals surface area contributed by atoms with Crippen molar-refractivity contribution in [2.75, 3.05) is 0 Å². The fourth-order valence-corrected chi connectivity index (χ4v) is 3.20. The number of aromatic nitrogens is 1. The van der Waals surface area contributed by atoms with E-state index in [0.29, 0.717) is 16.7 Å². The van der Waals surface area contributed by atoms with E-state index >= 15 is 0 Å². The Kier molecular flexibility index (Phi) is 2.53. The third kappa shape index (κ3) is 1.57. The number of carbonyl (C=O) groups is 1. The van der Waals surface area contributed by atoms with Crippen LogP contribution in [0.3, 0.4) is 0 Å².